The maximum absolute atomic E-state index is 11.4. The lowest BCUT2D eigenvalue weighted by molar-refractivity contribution is -0.122. The zero-order valence-corrected chi connectivity index (χ0v) is 10.2. The molecule has 0 aliphatic carbocycles. The summed E-state index contributed by atoms with van der Waals surface area (Å²) in [6.07, 6.45) is 6.09. The summed E-state index contributed by atoms with van der Waals surface area (Å²) in [5.41, 5.74) is 0.294. The normalized spacial score (nSPS) is 13.0. The number of carbonyl (C=O) groups excluding carboxylic acids is 1. The fraction of sp³-hybridized carbons (Fsp3) is 0.750. The van der Waals surface area contributed by atoms with Crippen molar-refractivity contribution < 1.29 is 4.79 Å². The average Bonchev–Trinajstić information content (AvgIpc) is 2.11. The fourth-order valence-electron chi connectivity index (χ4n) is 1.05. The summed E-state index contributed by atoms with van der Waals surface area (Å²) < 4.78 is 0. The van der Waals surface area contributed by atoms with Crippen LogP contribution in [0, 0.1) is 17.8 Å². The van der Waals surface area contributed by atoms with E-state index in [9.17, 15) is 4.79 Å². The van der Waals surface area contributed by atoms with Crippen LogP contribution in [-0.4, -0.2) is 25.0 Å². The van der Waals surface area contributed by atoms with Gasteiger partial charge in [-0.15, -0.1) is 6.42 Å². The van der Waals surface area contributed by atoms with Crippen molar-refractivity contribution in [1.82, 2.24) is 10.6 Å². The van der Waals surface area contributed by atoms with Gasteiger partial charge < -0.3 is 10.6 Å². The number of rotatable bonds is 5. The lowest BCUT2D eigenvalue weighted by Gasteiger charge is -2.20. The highest BCUT2D eigenvalue weighted by Crippen LogP contribution is 2.16. The van der Waals surface area contributed by atoms with Crippen LogP contribution in [0.25, 0.3) is 0 Å². The first kappa shape index (κ1) is 14.0. The molecule has 0 aromatic carbocycles. The van der Waals surface area contributed by atoms with Crippen LogP contribution in [0.1, 0.15) is 34.1 Å². The van der Waals surface area contributed by atoms with Crippen molar-refractivity contribution in [3.8, 4) is 12.3 Å². The zero-order chi connectivity index (χ0) is 11.9. The molecule has 0 spiro atoms. The molecule has 0 fully saturated rings. The molecule has 15 heavy (non-hydrogen) atoms. The van der Waals surface area contributed by atoms with Crippen LogP contribution in [0.4, 0.5) is 0 Å². The summed E-state index contributed by atoms with van der Waals surface area (Å²) in [5.74, 6) is 2.33. The summed E-state index contributed by atoms with van der Waals surface area (Å²) >= 11 is 0. The van der Waals surface area contributed by atoms with Gasteiger partial charge in [-0.1, -0.05) is 26.7 Å². The van der Waals surface area contributed by atoms with Crippen LogP contribution >= 0.6 is 0 Å². The van der Waals surface area contributed by atoms with Gasteiger partial charge in [-0.2, -0.15) is 0 Å². The van der Waals surface area contributed by atoms with Crippen LogP contribution in [0.3, 0.4) is 0 Å². The second-order valence-electron chi connectivity index (χ2n) is 4.91. The first-order valence-electron chi connectivity index (χ1n) is 5.31. The Bertz CT molecular complexity index is 235. The van der Waals surface area contributed by atoms with E-state index in [1.165, 1.54) is 0 Å². The summed E-state index contributed by atoms with van der Waals surface area (Å²) in [5, 5.41) is 5.81. The van der Waals surface area contributed by atoms with Crippen molar-refractivity contribution in [2.45, 2.75) is 40.2 Å². The molecule has 1 unspecified atom stereocenters. The maximum atomic E-state index is 11.4. The Kier molecular flexibility index (Phi) is 6.03. The molecule has 0 rings (SSSR count). The Morgan fingerprint density at radius 2 is 2.07 bits per heavy atom. The van der Waals surface area contributed by atoms with E-state index in [1.54, 1.807) is 0 Å². The number of nitrogens with one attached hydrogen (secondary N) is 2. The van der Waals surface area contributed by atoms with E-state index in [1.807, 2.05) is 6.92 Å². The SMILES string of the molecule is C#CCNC(=O)C(C)NCCC(C)(C)C. The van der Waals surface area contributed by atoms with E-state index in [0.29, 0.717) is 12.0 Å². The monoisotopic (exact) mass is 210 g/mol. The van der Waals surface area contributed by atoms with Gasteiger partial charge in [0.05, 0.1) is 12.6 Å². The van der Waals surface area contributed by atoms with E-state index in [0.717, 1.165) is 13.0 Å². The molecule has 0 saturated heterocycles. The molecule has 0 heterocycles. The molecule has 1 atom stereocenters. The van der Waals surface area contributed by atoms with Crippen molar-refractivity contribution in [2.24, 2.45) is 5.41 Å². The summed E-state index contributed by atoms with van der Waals surface area (Å²) in [7, 11) is 0. The molecule has 0 radical (unpaired) electrons. The Hall–Kier alpha value is -1.01. The zero-order valence-electron chi connectivity index (χ0n) is 10.2. The maximum Gasteiger partial charge on any atom is 0.237 e. The molecule has 0 bridgehead atoms. The number of amides is 1. The van der Waals surface area contributed by atoms with Crippen molar-refractivity contribution in [3.05, 3.63) is 0 Å². The summed E-state index contributed by atoms with van der Waals surface area (Å²) in [6.45, 7) is 9.51. The Morgan fingerprint density at radius 3 is 2.53 bits per heavy atom. The van der Waals surface area contributed by atoms with Crippen LogP contribution < -0.4 is 10.6 Å². The smallest absolute Gasteiger partial charge is 0.237 e. The Morgan fingerprint density at radius 1 is 1.47 bits per heavy atom. The molecule has 3 heteroatoms. The van der Waals surface area contributed by atoms with Crippen LogP contribution in [0.5, 0.6) is 0 Å². The van der Waals surface area contributed by atoms with E-state index in [4.69, 9.17) is 6.42 Å². The van der Waals surface area contributed by atoms with Gasteiger partial charge in [-0.05, 0) is 25.3 Å². The van der Waals surface area contributed by atoms with Crippen molar-refractivity contribution >= 4 is 5.91 Å². The van der Waals surface area contributed by atoms with Gasteiger partial charge in [0.15, 0.2) is 0 Å². The lowest BCUT2D eigenvalue weighted by Crippen LogP contribution is -2.43. The summed E-state index contributed by atoms with van der Waals surface area (Å²) in [6, 6.07) is -0.180. The Balaban J connectivity index is 3.70. The van der Waals surface area contributed by atoms with E-state index < -0.39 is 0 Å². The molecular weight excluding hydrogens is 188 g/mol. The van der Waals surface area contributed by atoms with Gasteiger partial charge >= 0.3 is 0 Å². The highest BCUT2D eigenvalue weighted by molar-refractivity contribution is 5.81. The highest BCUT2D eigenvalue weighted by Gasteiger charge is 2.13. The largest absolute Gasteiger partial charge is 0.344 e. The Labute approximate surface area is 93.0 Å². The number of hydrogen-bond donors (Lipinski definition) is 2. The average molecular weight is 210 g/mol. The molecular formula is C12H22N2O. The minimum Gasteiger partial charge on any atom is -0.344 e. The minimum absolute atomic E-state index is 0.0399. The third-order valence-electron chi connectivity index (χ3n) is 2.08. The molecule has 0 aliphatic heterocycles. The van der Waals surface area contributed by atoms with Crippen molar-refractivity contribution in [2.75, 3.05) is 13.1 Å². The van der Waals surface area contributed by atoms with E-state index in [-0.39, 0.29) is 11.9 Å². The van der Waals surface area contributed by atoms with Crippen LogP contribution in [0.15, 0.2) is 0 Å². The first-order valence-corrected chi connectivity index (χ1v) is 5.31. The number of carbonyl (C=O) groups is 1. The standard InChI is InChI=1S/C12H22N2O/c1-6-8-14-11(15)10(2)13-9-7-12(3,4)5/h1,10,13H,7-9H2,2-5H3,(H,14,15). The first-order chi connectivity index (χ1) is 6.87. The topological polar surface area (TPSA) is 41.1 Å². The highest BCUT2D eigenvalue weighted by atomic mass is 16.2. The van der Waals surface area contributed by atoms with Gasteiger partial charge in [-0.25, -0.2) is 0 Å². The number of hydrogen-bond acceptors (Lipinski definition) is 2. The second kappa shape index (κ2) is 6.47. The van der Waals surface area contributed by atoms with Crippen molar-refractivity contribution in [1.29, 1.82) is 0 Å². The third kappa shape index (κ3) is 8.02. The molecule has 3 nitrogen and oxygen atoms in total. The summed E-state index contributed by atoms with van der Waals surface area (Å²) in [4.78, 5) is 11.4. The number of terminal acetylenes is 1. The van der Waals surface area contributed by atoms with E-state index >= 15 is 0 Å². The third-order valence-corrected chi connectivity index (χ3v) is 2.08. The quantitative estimate of drug-likeness (QED) is 0.668. The fourth-order valence-corrected chi connectivity index (χ4v) is 1.05. The van der Waals surface area contributed by atoms with Gasteiger partial charge in [0, 0.05) is 0 Å². The predicted molar refractivity (Wildman–Crippen MR) is 63.4 cm³/mol. The van der Waals surface area contributed by atoms with Gasteiger partial charge in [0.25, 0.3) is 0 Å². The predicted octanol–water partition coefficient (Wildman–Crippen LogP) is 1.15. The molecule has 2 N–H and O–H groups in total. The van der Waals surface area contributed by atoms with Crippen LogP contribution in [0.2, 0.25) is 0 Å². The molecule has 0 saturated carbocycles. The minimum atomic E-state index is -0.180. The molecule has 1 amide bonds. The second-order valence-corrected chi connectivity index (χ2v) is 4.91. The van der Waals surface area contributed by atoms with Gasteiger partial charge in [0.2, 0.25) is 5.91 Å². The molecule has 0 aromatic rings. The van der Waals surface area contributed by atoms with Crippen LogP contribution in [-0.2, 0) is 4.79 Å². The van der Waals surface area contributed by atoms with Gasteiger partial charge in [-0.3, -0.25) is 4.79 Å². The molecule has 0 aromatic heterocycles. The van der Waals surface area contributed by atoms with Crippen molar-refractivity contribution in [3.63, 3.8) is 0 Å². The van der Waals surface area contributed by atoms with Gasteiger partial charge in [0.1, 0.15) is 0 Å². The van der Waals surface area contributed by atoms with E-state index in [2.05, 4.69) is 37.3 Å². The molecule has 0 aliphatic rings. The lowest BCUT2D eigenvalue weighted by atomic mass is 9.92. The molecule has 86 valence electrons.